The second kappa shape index (κ2) is 8.52. The summed E-state index contributed by atoms with van der Waals surface area (Å²) in [5.41, 5.74) is 3.28. The van der Waals surface area contributed by atoms with Gasteiger partial charge in [0.25, 0.3) is 0 Å². The third kappa shape index (κ3) is 3.78. The molecule has 1 saturated heterocycles. The van der Waals surface area contributed by atoms with Gasteiger partial charge in [-0.3, -0.25) is 9.97 Å². The van der Waals surface area contributed by atoms with Crippen molar-refractivity contribution in [1.82, 2.24) is 24.8 Å². The summed E-state index contributed by atoms with van der Waals surface area (Å²) in [5, 5.41) is 4.33. The van der Waals surface area contributed by atoms with E-state index in [4.69, 9.17) is 12.2 Å². The topological polar surface area (TPSA) is 46.0 Å². The van der Waals surface area contributed by atoms with Crippen molar-refractivity contribution in [2.24, 2.45) is 0 Å². The summed E-state index contributed by atoms with van der Waals surface area (Å²) >= 11 is 5.72. The minimum Gasteiger partial charge on any atom is -0.352 e. The van der Waals surface area contributed by atoms with E-state index in [9.17, 15) is 0 Å². The average Bonchev–Trinajstić information content (AvgIpc) is 3.31. The van der Waals surface area contributed by atoms with Crippen LogP contribution in [0.1, 0.15) is 48.9 Å². The van der Waals surface area contributed by atoms with Crippen molar-refractivity contribution in [3.8, 4) is 0 Å². The number of pyridine rings is 2. The smallest absolute Gasteiger partial charge is 0.170 e. The van der Waals surface area contributed by atoms with Crippen molar-refractivity contribution < 1.29 is 0 Å². The first kappa shape index (κ1) is 18.6. The molecule has 144 valence electrons. The predicted molar refractivity (Wildman–Crippen MR) is 115 cm³/mol. The number of hydrogen-bond acceptors (Lipinski definition) is 3. The zero-order chi connectivity index (χ0) is 19.3. The summed E-state index contributed by atoms with van der Waals surface area (Å²) in [6.07, 6.45) is 8.05. The highest BCUT2D eigenvalue weighted by atomic mass is 32.1. The molecule has 28 heavy (non-hydrogen) atoms. The highest BCUT2D eigenvalue weighted by molar-refractivity contribution is 7.80. The fraction of sp³-hybridized carbons (Fsp3) is 0.318. The van der Waals surface area contributed by atoms with Gasteiger partial charge < -0.3 is 14.8 Å². The molecule has 0 aliphatic carbocycles. The molecule has 0 aromatic carbocycles. The lowest BCUT2D eigenvalue weighted by Gasteiger charge is -2.28. The van der Waals surface area contributed by atoms with Crippen LogP contribution in [0.4, 0.5) is 0 Å². The quantitative estimate of drug-likeness (QED) is 0.615. The fourth-order valence-electron chi connectivity index (χ4n) is 3.80. The van der Waals surface area contributed by atoms with Gasteiger partial charge in [-0.25, -0.2) is 0 Å². The van der Waals surface area contributed by atoms with Crippen LogP contribution in [0.3, 0.4) is 0 Å². The Labute approximate surface area is 171 Å². The maximum absolute atomic E-state index is 5.72. The van der Waals surface area contributed by atoms with Crippen LogP contribution in [0.5, 0.6) is 0 Å². The first-order valence-corrected chi connectivity index (χ1v) is 10.2. The lowest BCUT2D eigenvalue weighted by molar-refractivity contribution is 0.300. The van der Waals surface area contributed by atoms with Crippen molar-refractivity contribution in [3.05, 3.63) is 84.2 Å². The van der Waals surface area contributed by atoms with Gasteiger partial charge in [-0.05, 0) is 55.0 Å². The Bertz CT molecular complexity index is 909. The van der Waals surface area contributed by atoms with Crippen molar-refractivity contribution in [1.29, 1.82) is 0 Å². The highest BCUT2D eigenvalue weighted by Crippen LogP contribution is 2.38. The number of rotatable bonds is 7. The monoisotopic (exact) mass is 391 g/mol. The minimum absolute atomic E-state index is 0.0305. The van der Waals surface area contributed by atoms with Crippen LogP contribution in [0.25, 0.3) is 0 Å². The van der Waals surface area contributed by atoms with Crippen LogP contribution >= 0.6 is 12.2 Å². The van der Waals surface area contributed by atoms with Crippen molar-refractivity contribution in [3.63, 3.8) is 0 Å². The molecule has 4 rings (SSSR count). The van der Waals surface area contributed by atoms with E-state index in [1.807, 2.05) is 36.7 Å². The van der Waals surface area contributed by atoms with Crippen LogP contribution in [0.2, 0.25) is 0 Å². The molecule has 3 aromatic heterocycles. The number of hydrogen-bond donors (Lipinski definition) is 1. The van der Waals surface area contributed by atoms with Crippen LogP contribution in [0, 0.1) is 0 Å². The molecule has 0 bridgehead atoms. The van der Waals surface area contributed by atoms with Gasteiger partial charge in [-0.15, -0.1) is 0 Å². The Kier molecular flexibility index (Phi) is 5.67. The standard InChI is InChI=1S/C22H25N5S/c1-2-3-15-27-21(20(25-22(27)28)18-10-5-7-13-24-18)19-11-8-14-26(19)16-17-9-4-6-12-23-17/h4-14,20-21H,2-3,15-16H2,1H3,(H,25,28)/t20-,21+/m1/s1. The van der Waals surface area contributed by atoms with E-state index in [0.29, 0.717) is 0 Å². The largest absolute Gasteiger partial charge is 0.352 e. The summed E-state index contributed by atoms with van der Waals surface area (Å²) in [7, 11) is 0. The first-order chi connectivity index (χ1) is 13.8. The number of thiocarbonyl (C=S) groups is 1. The Hall–Kier alpha value is -2.73. The predicted octanol–water partition coefficient (Wildman–Crippen LogP) is 4.10. The van der Waals surface area contributed by atoms with Crippen LogP contribution in [-0.4, -0.2) is 31.1 Å². The Morgan fingerprint density at radius 1 is 1.04 bits per heavy atom. The van der Waals surface area contributed by atoms with Gasteiger partial charge in [0, 0.05) is 30.8 Å². The molecule has 2 atom stereocenters. The maximum atomic E-state index is 5.72. The lowest BCUT2D eigenvalue weighted by Crippen LogP contribution is -2.31. The molecule has 1 aliphatic heterocycles. The third-order valence-electron chi connectivity index (χ3n) is 5.18. The van der Waals surface area contributed by atoms with Crippen molar-refractivity contribution >= 4 is 17.3 Å². The summed E-state index contributed by atoms with van der Waals surface area (Å²) in [6.45, 7) is 3.88. The Balaban J connectivity index is 1.70. The van der Waals surface area contributed by atoms with Crippen LogP contribution < -0.4 is 5.32 Å². The molecule has 1 aliphatic rings. The van der Waals surface area contributed by atoms with E-state index < -0.39 is 0 Å². The summed E-state index contributed by atoms with van der Waals surface area (Å²) < 4.78 is 2.28. The van der Waals surface area contributed by atoms with Crippen molar-refractivity contribution in [2.75, 3.05) is 6.54 Å². The number of nitrogens with zero attached hydrogens (tertiary/aromatic N) is 4. The maximum Gasteiger partial charge on any atom is 0.170 e. The van der Waals surface area contributed by atoms with Gasteiger partial charge in [0.15, 0.2) is 5.11 Å². The second-order valence-corrected chi connectivity index (χ2v) is 7.44. The molecule has 3 aromatic rings. The number of nitrogens with one attached hydrogen (secondary N) is 1. The second-order valence-electron chi connectivity index (χ2n) is 7.06. The summed E-state index contributed by atoms with van der Waals surface area (Å²) in [6, 6.07) is 16.5. The van der Waals surface area contributed by atoms with Crippen LogP contribution in [-0.2, 0) is 6.54 Å². The van der Waals surface area contributed by atoms with Gasteiger partial charge in [-0.2, -0.15) is 0 Å². The Morgan fingerprint density at radius 3 is 2.57 bits per heavy atom. The minimum atomic E-state index is 0.0305. The molecule has 0 amide bonds. The fourth-order valence-corrected chi connectivity index (χ4v) is 4.13. The highest BCUT2D eigenvalue weighted by Gasteiger charge is 2.40. The molecule has 1 N–H and O–H groups in total. The molecule has 5 nitrogen and oxygen atoms in total. The third-order valence-corrected chi connectivity index (χ3v) is 5.53. The zero-order valence-electron chi connectivity index (χ0n) is 16.0. The summed E-state index contributed by atoms with van der Waals surface area (Å²) in [4.78, 5) is 11.4. The number of unbranched alkanes of at least 4 members (excludes halogenated alkanes) is 1. The summed E-state index contributed by atoms with van der Waals surface area (Å²) in [5.74, 6) is 0. The van der Waals surface area contributed by atoms with Gasteiger partial charge in [-0.1, -0.05) is 25.5 Å². The zero-order valence-corrected chi connectivity index (χ0v) is 16.8. The molecule has 0 spiro atoms. The van der Waals surface area contributed by atoms with Gasteiger partial charge in [0.2, 0.25) is 0 Å². The van der Waals surface area contributed by atoms with E-state index >= 15 is 0 Å². The molecule has 6 heteroatoms. The van der Waals surface area contributed by atoms with Gasteiger partial charge >= 0.3 is 0 Å². The lowest BCUT2D eigenvalue weighted by atomic mass is 10.0. The van der Waals surface area contributed by atoms with E-state index in [1.54, 1.807) is 0 Å². The Morgan fingerprint density at radius 2 is 1.86 bits per heavy atom. The molecule has 4 heterocycles. The molecule has 0 radical (unpaired) electrons. The SMILES string of the molecule is CCCCN1C(=S)N[C@H](c2ccccn2)[C@@H]1c1cccn1Cc1ccccn1. The van der Waals surface area contributed by atoms with Crippen LogP contribution in [0.15, 0.2) is 67.1 Å². The first-order valence-electron chi connectivity index (χ1n) is 9.81. The molecule has 0 saturated carbocycles. The van der Waals surface area contributed by atoms with Crippen molar-refractivity contribution in [2.45, 2.75) is 38.4 Å². The molecule has 0 unspecified atom stereocenters. The van der Waals surface area contributed by atoms with Gasteiger partial charge in [0.1, 0.15) is 0 Å². The van der Waals surface area contributed by atoms with E-state index in [0.717, 1.165) is 42.4 Å². The van der Waals surface area contributed by atoms with E-state index in [-0.39, 0.29) is 12.1 Å². The molecule has 1 fully saturated rings. The van der Waals surface area contributed by atoms with E-state index in [2.05, 4.69) is 62.1 Å². The van der Waals surface area contributed by atoms with Gasteiger partial charge in [0.05, 0.1) is 30.0 Å². The number of aromatic nitrogens is 3. The average molecular weight is 392 g/mol. The molecular weight excluding hydrogens is 366 g/mol. The molecular formula is C22H25N5S. The van der Waals surface area contributed by atoms with E-state index in [1.165, 1.54) is 5.69 Å². The normalized spacial score (nSPS) is 19.0.